The van der Waals surface area contributed by atoms with E-state index in [1.807, 2.05) is 6.92 Å². The van der Waals surface area contributed by atoms with Crippen LogP contribution in [0.15, 0.2) is 24.3 Å². The third-order valence-electron chi connectivity index (χ3n) is 1.91. The fourth-order valence-electron chi connectivity index (χ4n) is 1.22. The largest absolute Gasteiger partial charge is 0.748 e. The van der Waals surface area contributed by atoms with E-state index in [1.54, 1.807) is 24.3 Å². The maximum atomic E-state index is 10.3. The van der Waals surface area contributed by atoms with Crippen LogP contribution in [0.25, 0.3) is 0 Å². The van der Waals surface area contributed by atoms with Crippen LogP contribution in [0.1, 0.15) is 12.5 Å². The van der Waals surface area contributed by atoms with E-state index in [0.717, 1.165) is 5.56 Å². The standard InChI is InChI=1S/C8H10BNO3/c1-2-7-5-3-4-6-8(7)9(11)10(12)13/h3-6,11H,2H2,1H3. The minimum atomic E-state index is -1.60. The van der Waals surface area contributed by atoms with Crippen LogP contribution in [0.5, 0.6) is 0 Å². The molecular formula is C8H10BNO3. The molecule has 0 aliphatic rings. The molecule has 0 aliphatic carbocycles. The SMILES string of the molecule is CCc1ccccc1B(O)[N+](=O)[O-]. The molecule has 5 heteroatoms. The summed E-state index contributed by atoms with van der Waals surface area (Å²) in [6.45, 7) is 1.89. The molecule has 0 radical (unpaired) electrons. The first kappa shape index (κ1) is 9.73. The van der Waals surface area contributed by atoms with E-state index < -0.39 is 11.9 Å². The van der Waals surface area contributed by atoms with E-state index in [4.69, 9.17) is 0 Å². The number of hydrogen-bond donors (Lipinski definition) is 1. The Morgan fingerprint density at radius 3 is 2.69 bits per heavy atom. The Balaban J connectivity index is 3.05. The summed E-state index contributed by atoms with van der Waals surface area (Å²) in [5, 5.41) is 19.5. The van der Waals surface area contributed by atoms with Crippen molar-refractivity contribution in [3.63, 3.8) is 0 Å². The highest BCUT2D eigenvalue weighted by atomic mass is 16.6. The van der Waals surface area contributed by atoms with Gasteiger partial charge in [-0.05, 0) is 16.8 Å². The topological polar surface area (TPSA) is 63.4 Å². The average Bonchev–Trinajstić information content (AvgIpc) is 2.16. The Hall–Kier alpha value is -1.36. The maximum absolute atomic E-state index is 10.3. The first-order valence-electron chi connectivity index (χ1n) is 4.06. The van der Waals surface area contributed by atoms with Crippen LogP contribution >= 0.6 is 0 Å². The summed E-state index contributed by atoms with van der Waals surface area (Å²) >= 11 is 0. The summed E-state index contributed by atoms with van der Waals surface area (Å²) < 4.78 is 0. The molecule has 68 valence electrons. The third kappa shape index (κ3) is 2.06. The van der Waals surface area contributed by atoms with E-state index >= 15 is 0 Å². The Bertz CT molecular complexity index is 316. The number of aryl methyl sites for hydroxylation is 1. The van der Waals surface area contributed by atoms with Crippen molar-refractivity contribution in [3.8, 4) is 0 Å². The second-order valence-corrected chi connectivity index (χ2v) is 2.71. The van der Waals surface area contributed by atoms with Crippen molar-refractivity contribution in [3.05, 3.63) is 39.9 Å². The van der Waals surface area contributed by atoms with E-state index in [-0.39, 0.29) is 0 Å². The molecule has 1 aromatic rings. The van der Waals surface area contributed by atoms with Crippen LogP contribution in [-0.4, -0.2) is 16.9 Å². The van der Waals surface area contributed by atoms with Crippen LogP contribution < -0.4 is 5.46 Å². The Morgan fingerprint density at radius 1 is 1.54 bits per heavy atom. The molecule has 0 atom stereocenters. The highest BCUT2D eigenvalue weighted by Crippen LogP contribution is 1.98. The number of nitrogens with zero attached hydrogens (tertiary/aromatic N) is 1. The van der Waals surface area contributed by atoms with Gasteiger partial charge < -0.3 is 5.02 Å². The molecule has 13 heavy (non-hydrogen) atoms. The summed E-state index contributed by atoms with van der Waals surface area (Å²) in [7, 11) is -1.60. The molecule has 0 amide bonds. The number of benzene rings is 1. The second-order valence-electron chi connectivity index (χ2n) is 2.71. The van der Waals surface area contributed by atoms with E-state index in [2.05, 4.69) is 0 Å². The predicted molar refractivity (Wildman–Crippen MR) is 50.4 cm³/mol. The molecule has 1 rings (SSSR count). The van der Waals surface area contributed by atoms with E-state index in [0.29, 0.717) is 11.9 Å². The Labute approximate surface area is 76.5 Å². The predicted octanol–water partition coefficient (Wildman–Crippen LogP) is 0.213. The third-order valence-corrected chi connectivity index (χ3v) is 1.91. The lowest BCUT2D eigenvalue weighted by molar-refractivity contribution is -0.344. The Kier molecular flexibility index (Phi) is 3.03. The van der Waals surface area contributed by atoms with Gasteiger partial charge in [-0.15, -0.1) is 0 Å². The van der Waals surface area contributed by atoms with Crippen LogP contribution in [0, 0.1) is 10.1 Å². The molecule has 0 aliphatic heterocycles. The molecule has 0 unspecified atom stereocenters. The fourth-order valence-corrected chi connectivity index (χ4v) is 1.22. The fraction of sp³-hybridized carbons (Fsp3) is 0.250. The van der Waals surface area contributed by atoms with Crippen molar-refractivity contribution in [2.24, 2.45) is 0 Å². The van der Waals surface area contributed by atoms with Gasteiger partial charge in [-0.2, -0.15) is 0 Å². The normalized spacial score (nSPS) is 9.69. The summed E-state index contributed by atoms with van der Waals surface area (Å²) in [6.07, 6.45) is 0.682. The smallest absolute Gasteiger partial charge is 0.382 e. The van der Waals surface area contributed by atoms with E-state index in [1.165, 1.54) is 0 Å². The lowest BCUT2D eigenvalue weighted by atomic mass is 9.72. The highest BCUT2D eigenvalue weighted by Gasteiger charge is 2.34. The van der Waals surface area contributed by atoms with Gasteiger partial charge in [0.05, 0.1) is 0 Å². The zero-order valence-electron chi connectivity index (χ0n) is 7.30. The quantitative estimate of drug-likeness (QED) is 0.409. The van der Waals surface area contributed by atoms with Gasteiger partial charge in [-0.3, -0.25) is 10.1 Å². The van der Waals surface area contributed by atoms with Crippen molar-refractivity contribution in [2.45, 2.75) is 13.3 Å². The molecule has 0 saturated carbocycles. The molecule has 0 spiro atoms. The minimum absolute atomic E-state index is 0.384. The molecule has 0 aromatic heterocycles. The molecule has 4 nitrogen and oxygen atoms in total. The minimum Gasteiger partial charge on any atom is -0.382 e. The first-order valence-corrected chi connectivity index (χ1v) is 4.06. The van der Waals surface area contributed by atoms with Crippen LogP contribution in [-0.2, 0) is 6.42 Å². The van der Waals surface area contributed by atoms with Gasteiger partial charge in [0, 0.05) is 5.46 Å². The lowest BCUT2D eigenvalue weighted by Crippen LogP contribution is -2.40. The van der Waals surface area contributed by atoms with Crippen LogP contribution in [0.2, 0.25) is 0 Å². The van der Waals surface area contributed by atoms with Crippen LogP contribution in [0.4, 0.5) is 0 Å². The number of rotatable bonds is 3. The molecule has 1 N–H and O–H groups in total. The zero-order valence-corrected chi connectivity index (χ0v) is 7.30. The summed E-state index contributed by atoms with van der Waals surface area (Å²) in [5.74, 6) is 0. The summed E-state index contributed by atoms with van der Waals surface area (Å²) in [4.78, 5) is 9.62. The molecule has 0 heterocycles. The van der Waals surface area contributed by atoms with Crippen molar-refractivity contribution in [1.82, 2.24) is 0 Å². The van der Waals surface area contributed by atoms with Gasteiger partial charge in [-0.1, -0.05) is 31.2 Å². The maximum Gasteiger partial charge on any atom is 0.748 e. The zero-order chi connectivity index (χ0) is 9.84. The van der Waals surface area contributed by atoms with Gasteiger partial charge in [0.25, 0.3) is 0 Å². The highest BCUT2D eigenvalue weighted by molar-refractivity contribution is 6.59. The van der Waals surface area contributed by atoms with Crippen molar-refractivity contribution in [1.29, 1.82) is 0 Å². The van der Waals surface area contributed by atoms with Gasteiger partial charge in [0.15, 0.2) is 0 Å². The molecule has 0 bridgehead atoms. The number of hydrogen-bond acceptors (Lipinski definition) is 3. The Morgan fingerprint density at radius 2 is 2.15 bits per heavy atom. The molecular weight excluding hydrogens is 169 g/mol. The first-order chi connectivity index (χ1) is 6.16. The van der Waals surface area contributed by atoms with Crippen molar-refractivity contribution in [2.75, 3.05) is 0 Å². The van der Waals surface area contributed by atoms with Gasteiger partial charge in [0.2, 0.25) is 0 Å². The van der Waals surface area contributed by atoms with Gasteiger partial charge in [0.1, 0.15) is 0 Å². The molecule has 1 aromatic carbocycles. The van der Waals surface area contributed by atoms with E-state index in [9.17, 15) is 15.1 Å². The average molecular weight is 179 g/mol. The second kappa shape index (κ2) is 4.05. The summed E-state index contributed by atoms with van der Waals surface area (Å²) in [6, 6.07) is 6.84. The lowest BCUT2D eigenvalue weighted by Gasteiger charge is -2.02. The molecule has 0 fully saturated rings. The van der Waals surface area contributed by atoms with Gasteiger partial charge in [-0.25, -0.2) is 0 Å². The number of nitro groups is 1. The molecule has 0 saturated heterocycles. The summed E-state index contributed by atoms with van der Waals surface area (Å²) in [5.41, 5.74) is 1.20. The monoisotopic (exact) mass is 179 g/mol. The van der Waals surface area contributed by atoms with Crippen molar-refractivity contribution < 1.29 is 9.86 Å². The van der Waals surface area contributed by atoms with Gasteiger partial charge >= 0.3 is 7.05 Å². The van der Waals surface area contributed by atoms with Crippen LogP contribution in [0.3, 0.4) is 0 Å². The van der Waals surface area contributed by atoms with Crippen molar-refractivity contribution >= 4 is 12.5 Å².